The molecule has 2 nitrogen and oxygen atoms in total. The third-order valence-corrected chi connectivity index (χ3v) is 3.00. The molecule has 0 aromatic heterocycles. The number of halogens is 3. The molecular weight excluding hydrogens is 229 g/mol. The zero-order valence-corrected chi connectivity index (χ0v) is 11.1. The van der Waals surface area contributed by atoms with Crippen molar-refractivity contribution >= 4 is 0 Å². The van der Waals surface area contributed by atoms with Crippen LogP contribution in [0.1, 0.15) is 40.0 Å². The van der Waals surface area contributed by atoms with Crippen LogP contribution < -0.4 is 5.73 Å². The van der Waals surface area contributed by atoms with Crippen LogP contribution in [0.3, 0.4) is 0 Å². The minimum Gasteiger partial charge on any atom is -0.330 e. The molecule has 0 atom stereocenters. The Morgan fingerprint density at radius 1 is 1.12 bits per heavy atom. The highest BCUT2D eigenvalue weighted by atomic mass is 19.4. The summed E-state index contributed by atoms with van der Waals surface area (Å²) in [5, 5.41) is 0. The van der Waals surface area contributed by atoms with Crippen molar-refractivity contribution in [1.82, 2.24) is 4.90 Å². The van der Waals surface area contributed by atoms with E-state index in [0.717, 1.165) is 19.3 Å². The van der Waals surface area contributed by atoms with E-state index in [1.807, 2.05) is 0 Å². The fraction of sp³-hybridized carbons (Fsp3) is 1.00. The highest BCUT2D eigenvalue weighted by molar-refractivity contribution is 4.70. The van der Waals surface area contributed by atoms with E-state index in [-0.39, 0.29) is 5.41 Å². The average Bonchev–Trinajstić information content (AvgIpc) is 2.13. The quantitative estimate of drug-likeness (QED) is 0.721. The van der Waals surface area contributed by atoms with E-state index in [0.29, 0.717) is 19.6 Å². The average molecular weight is 254 g/mol. The molecule has 0 heterocycles. The summed E-state index contributed by atoms with van der Waals surface area (Å²) in [5.41, 5.74) is 5.63. The molecule has 0 aliphatic carbocycles. The van der Waals surface area contributed by atoms with Crippen molar-refractivity contribution in [2.75, 3.05) is 26.2 Å². The van der Waals surface area contributed by atoms with Crippen LogP contribution in [-0.2, 0) is 0 Å². The maximum Gasteiger partial charge on any atom is 0.401 e. The Morgan fingerprint density at radius 3 is 2.12 bits per heavy atom. The van der Waals surface area contributed by atoms with Crippen molar-refractivity contribution in [3.8, 4) is 0 Å². The van der Waals surface area contributed by atoms with Crippen LogP contribution in [0.2, 0.25) is 0 Å². The van der Waals surface area contributed by atoms with Gasteiger partial charge in [0.2, 0.25) is 0 Å². The van der Waals surface area contributed by atoms with Gasteiger partial charge >= 0.3 is 6.18 Å². The van der Waals surface area contributed by atoms with Gasteiger partial charge in [0.1, 0.15) is 0 Å². The highest BCUT2D eigenvalue weighted by Gasteiger charge is 2.30. The molecule has 0 unspecified atom stereocenters. The Kier molecular flexibility index (Phi) is 7.09. The number of rotatable bonds is 8. The lowest BCUT2D eigenvalue weighted by molar-refractivity contribution is -0.145. The van der Waals surface area contributed by atoms with Gasteiger partial charge < -0.3 is 5.73 Å². The minimum atomic E-state index is -4.09. The zero-order chi connectivity index (χ0) is 13.5. The molecule has 104 valence electrons. The minimum absolute atomic E-state index is 0.131. The standard InChI is InChI=1S/C12H25F3N2/c1-4-17(10-12(13,14)15)9-5-6-11(2,3)7-8-16/h4-10,16H2,1-3H3. The molecule has 0 bridgehead atoms. The van der Waals surface area contributed by atoms with Gasteiger partial charge in [-0.25, -0.2) is 0 Å². The van der Waals surface area contributed by atoms with E-state index < -0.39 is 12.7 Å². The smallest absolute Gasteiger partial charge is 0.330 e. The maximum atomic E-state index is 12.2. The molecule has 0 amide bonds. The summed E-state index contributed by atoms with van der Waals surface area (Å²) in [4.78, 5) is 1.44. The van der Waals surface area contributed by atoms with E-state index >= 15 is 0 Å². The fourth-order valence-electron chi connectivity index (χ4n) is 1.90. The molecule has 0 aliphatic rings. The number of nitrogens with two attached hydrogens (primary N) is 1. The van der Waals surface area contributed by atoms with Crippen LogP contribution in [0.15, 0.2) is 0 Å². The van der Waals surface area contributed by atoms with E-state index in [2.05, 4.69) is 13.8 Å². The second-order valence-corrected chi connectivity index (χ2v) is 5.29. The first-order chi connectivity index (χ1) is 7.70. The van der Waals surface area contributed by atoms with Crippen molar-refractivity contribution in [3.05, 3.63) is 0 Å². The third kappa shape index (κ3) is 9.41. The molecule has 5 heteroatoms. The second-order valence-electron chi connectivity index (χ2n) is 5.29. The van der Waals surface area contributed by atoms with Gasteiger partial charge in [-0.3, -0.25) is 4.90 Å². The normalized spacial score (nSPS) is 13.4. The Balaban J connectivity index is 3.92. The second kappa shape index (κ2) is 7.21. The first-order valence-electron chi connectivity index (χ1n) is 6.19. The van der Waals surface area contributed by atoms with E-state index in [1.165, 1.54) is 4.90 Å². The van der Waals surface area contributed by atoms with Crippen LogP contribution in [-0.4, -0.2) is 37.3 Å². The summed E-state index contributed by atoms with van der Waals surface area (Å²) in [6.45, 7) is 6.76. The summed E-state index contributed by atoms with van der Waals surface area (Å²) in [7, 11) is 0. The van der Waals surface area contributed by atoms with E-state index in [9.17, 15) is 13.2 Å². The Morgan fingerprint density at radius 2 is 1.71 bits per heavy atom. The molecule has 0 saturated carbocycles. The summed E-state index contributed by atoms with van der Waals surface area (Å²) >= 11 is 0. The van der Waals surface area contributed by atoms with Gasteiger partial charge in [0, 0.05) is 0 Å². The number of nitrogens with zero attached hydrogens (tertiary/aromatic N) is 1. The van der Waals surface area contributed by atoms with Crippen LogP contribution >= 0.6 is 0 Å². The molecule has 0 fully saturated rings. The topological polar surface area (TPSA) is 29.3 Å². The molecule has 0 aliphatic heterocycles. The van der Waals surface area contributed by atoms with Crippen molar-refractivity contribution < 1.29 is 13.2 Å². The molecular formula is C12H25F3N2. The zero-order valence-electron chi connectivity index (χ0n) is 11.1. The van der Waals surface area contributed by atoms with Crippen LogP contribution in [0, 0.1) is 5.41 Å². The third-order valence-electron chi connectivity index (χ3n) is 3.00. The van der Waals surface area contributed by atoms with Gasteiger partial charge in [-0.05, 0) is 44.3 Å². The van der Waals surface area contributed by atoms with Crippen LogP contribution in [0.4, 0.5) is 13.2 Å². The Labute approximate surface area is 102 Å². The first kappa shape index (κ1) is 16.7. The molecule has 2 N–H and O–H groups in total. The van der Waals surface area contributed by atoms with Gasteiger partial charge in [-0.15, -0.1) is 0 Å². The summed E-state index contributed by atoms with van der Waals surface area (Å²) in [5.74, 6) is 0. The van der Waals surface area contributed by atoms with E-state index in [1.54, 1.807) is 6.92 Å². The number of hydrogen-bond donors (Lipinski definition) is 1. The van der Waals surface area contributed by atoms with Gasteiger partial charge in [-0.2, -0.15) is 13.2 Å². The largest absolute Gasteiger partial charge is 0.401 e. The van der Waals surface area contributed by atoms with Crippen molar-refractivity contribution in [2.45, 2.75) is 46.2 Å². The number of hydrogen-bond acceptors (Lipinski definition) is 2. The number of alkyl halides is 3. The molecule has 0 aromatic carbocycles. The lowest BCUT2D eigenvalue weighted by atomic mass is 9.84. The molecule has 17 heavy (non-hydrogen) atoms. The first-order valence-corrected chi connectivity index (χ1v) is 6.19. The van der Waals surface area contributed by atoms with Crippen molar-refractivity contribution in [2.24, 2.45) is 11.1 Å². The molecule has 0 saturated heterocycles. The predicted molar refractivity (Wildman–Crippen MR) is 64.9 cm³/mol. The summed E-state index contributed by atoms with van der Waals surface area (Å²) in [6.07, 6.45) is -1.48. The van der Waals surface area contributed by atoms with Gasteiger partial charge in [0.25, 0.3) is 0 Å². The molecule has 0 spiro atoms. The monoisotopic (exact) mass is 254 g/mol. The molecule has 0 radical (unpaired) electrons. The Hall–Kier alpha value is -0.290. The fourth-order valence-corrected chi connectivity index (χ4v) is 1.90. The lowest BCUT2D eigenvalue weighted by Crippen LogP contribution is -2.35. The van der Waals surface area contributed by atoms with Crippen molar-refractivity contribution in [3.63, 3.8) is 0 Å². The Bertz CT molecular complexity index is 202. The highest BCUT2D eigenvalue weighted by Crippen LogP contribution is 2.26. The summed E-state index contributed by atoms with van der Waals surface area (Å²) in [6, 6.07) is 0. The van der Waals surface area contributed by atoms with Crippen LogP contribution in [0.25, 0.3) is 0 Å². The molecule has 0 rings (SSSR count). The SMILES string of the molecule is CCN(CCCC(C)(C)CCN)CC(F)(F)F. The van der Waals surface area contributed by atoms with Gasteiger partial charge in [0.15, 0.2) is 0 Å². The van der Waals surface area contributed by atoms with Gasteiger partial charge in [-0.1, -0.05) is 20.8 Å². The summed E-state index contributed by atoms with van der Waals surface area (Å²) < 4.78 is 36.6. The molecule has 0 aromatic rings. The maximum absolute atomic E-state index is 12.2. The van der Waals surface area contributed by atoms with E-state index in [4.69, 9.17) is 5.73 Å². The van der Waals surface area contributed by atoms with Gasteiger partial charge in [0.05, 0.1) is 6.54 Å². The van der Waals surface area contributed by atoms with Crippen LogP contribution in [0.5, 0.6) is 0 Å². The lowest BCUT2D eigenvalue weighted by Gasteiger charge is -2.26. The van der Waals surface area contributed by atoms with Crippen molar-refractivity contribution in [1.29, 1.82) is 0 Å². The predicted octanol–water partition coefficient (Wildman–Crippen LogP) is 3.03.